The number of rotatable bonds is 3. The second kappa shape index (κ2) is 5.55. The van der Waals surface area contributed by atoms with E-state index in [4.69, 9.17) is 0 Å². The van der Waals surface area contributed by atoms with E-state index in [1.165, 1.54) is 10.7 Å². The van der Waals surface area contributed by atoms with Gasteiger partial charge in [0.15, 0.2) is 5.13 Å². The third-order valence-electron chi connectivity index (χ3n) is 4.14. The van der Waals surface area contributed by atoms with Crippen LogP contribution in [-0.4, -0.2) is 20.7 Å². The number of fused-ring (bicyclic) bond motifs is 1. The molecular weight excluding hydrogens is 353 g/mol. The maximum Gasteiger partial charge on any atom is 0.418 e. The number of para-hydroxylation sites is 1. The van der Waals surface area contributed by atoms with Gasteiger partial charge >= 0.3 is 6.18 Å². The van der Waals surface area contributed by atoms with Crippen LogP contribution in [0.1, 0.15) is 40.4 Å². The lowest BCUT2D eigenvalue weighted by atomic mass is 10.1. The summed E-state index contributed by atoms with van der Waals surface area (Å²) in [6.45, 7) is 0. The van der Waals surface area contributed by atoms with Crippen molar-refractivity contribution < 1.29 is 18.0 Å². The van der Waals surface area contributed by atoms with Crippen LogP contribution >= 0.6 is 11.3 Å². The number of halogens is 3. The molecular formula is C16H13F3N4OS. The molecule has 1 aliphatic carbocycles. The van der Waals surface area contributed by atoms with Gasteiger partial charge in [-0.05, 0) is 30.9 Å². The molecule has 1 N–H and O–H groups in total. The van der Waals surface area contributed by atoms with Crippen LogP contribution in [0, 0.1) is 0 Å². The normalized spacial score (nSPS) is 14.9. The van der Waals surface area contributed by atoms with Crippen molar-refractivity contribution in [2.45, 2.75) is 24.9 Å². The number of benzene rings is 1. The fraction of sp³-hybridized carbons (Fsp3) is 0.312. The summed E-state index contributed by atoms with van der Waals surface area (Å²) in [5, 5.41) is 6.87. The van der Waals surface area contributed by atoms with E-state index in [1.54, 1.807) is 19.3 Å². The number of nitrogens with zero attached hydrogens (tertiary/aromatic N) is 3. The van der Waals surface area contributed by atoms with Gasteiger partial charge in [-0.25, -0.2) is 4.98 Å². The summed E-state index contributed by atoms with van der Waals surface area (Å²) in [7, 11) is 1.67. The molecule has 1 saturated carbocycles. The Morgan fingerprint density at radius 3 is 2.80 bits per heavy atom. The van der Waals surface area contributed by atoms with Crippen molar-refractivity contribution in [1.82, 2.24) is 14.8 Å². The molecule has 1 aliphatic rings. The number of carbonyl (C=O) groups excluding carboxylic acids is 1. The van der Waals surface area contributed by atoms with Gasteiger partial charge in [0.2, 0.25) is 0 Å². The van der Waals surface area contributed by atoms with Gasteiger partial charge in [-0.1, -0.05) is 17.4 Å². The first-order valence-electron chi connectivity index (χ1n) is 7.64. The predicted octanol–water partition coefficient (Wildman–Crippen LogP) is 4.18. The number of aryl methyl sites for hydroxylation is 1. The molecule has 1 fully saturated rings. The summed E-state index contributed by atoms with van der Waals surface area (Å²) < 4.78 is 41.1. The number of amides is 1. The van der Waals surface area contributed by atoms with E-state index in [2.05, 4.69) is 15.4 Å². The predicted molar refractivity (Wildman–Crippen MR) is 87.8 cm³/mol. The van der Waals surface area contributed by atoms with Crippen molar-refractivity contribution in [2.75, 3.05) is 5.32 Å². The number of hydrogen-bond acceptors (Lipinski definition) is 4. The zero-order valence-electron chi connectivity index (χ0n) is 13.1. The zero-order chi connectivity index (χ0) is 17.8. The van der Waals surface area contributed by atoms with Crippen LogP contribution in [0.4, 0.5) is 18.3 Å². The maximum absolute atomic E-state index is 13.1. The second-order valence-electron chi connectivity index (χ2n) is 5.97. The fourth-order valence-electron chi connectivity index (χ4n) is 2.81. The SMILES string of the molecule is Cn1ncc(C2CC2)c1C(=O)Nc1nc2c(C(F)(F)F)cccc2s1. The average Bonchev–Trinajstić information content (AvgIpc) is 3.18. The van der Waals surface area contributed by atoms with Gasteiger partial charge in [0, 0.05) is 12.6 Å². The molecule has 25 heavy (non-hydrogen) atoms. The van der Waals surface area contributed by atoms with Crippen molar-refractivity contribution in [1.29, 1.82) is 0 Å². The number of nitrogens with one attached hydrogen (secondary N) is 1. The third kappa shape index (κ3) is 2.88. The minimum Gasteiger partial charge on any atom is -0.296 e. The van der Waals surface area contributed by atoms with Crippen molar-refractivity contribution in [3.05, 3.63) is 41.2 Å². The van der Waals surface area contributed by atoms with Crippen LogP contribution in [0.2, 0.25) is 0 Å². The molecule has 9 heteroatoms. The topological polar surface area (TPSA) is 59.8 Å². The third-order valence-corrected chi connectivity index (χ3v) is 5.08. The minimum absolute atomic E-state index is 0.139. The van der Waals surface area contributed by atoms with Crippen molar-refractivity contribution in [2.24, 2.45) is 7.05 Å². The summed E-state index contributed by atoms with van der Waals surface area (Å²) >= 11 is 1.02. The van der Waals surface area contributed by atoms with Gasteiger partial charge in [0.1, 0.15) is 5.69 Å². The molecule has 2 heterocycles. The standard InChI is InChI=1S/C16H13F3N4OS/c1-23-13(9(7-20-23)8-5-6-8)14(24)22-15-21-12-10(16(17,18)19)3-2-4-11(12)25-15/h2-4,7-8H,5-6H2,1H3,(H,21,22,24). The first-order valence-corrected chi connectivity index (χ1v) is 8.46. The number of anilines is 1. The molecule has 2 aromatic heterocycles. The van der Waals surface area contributed by atoms with Crippen molar-refractivity contribution in [3.63, 3.8) is 0 Å². The van der Waals surface area contributed by atoms with Gasteiger partial charge in [-0.3, -0.25) is 14.8 Å². The lowest BCUT2D eigenvalue weighted by molar-refractivity contribution is -0.136. The van der Waals surface area contributed by atoms with Crippen molar-refractivity contribution in [3.8, 4) is 0 Å². The van der Waals surface area contributed by atoms with Crippen LogP contribution in [0.3, 0.4) is 0 Å². The molecule has 1 amide bonds. The smallest absolute Gasteiger partial charge is 0.296 e. The first kappa shape index (κ1) is 16.1. The molecule has 0 saturated heterocycles. The van der Waals surface area contributed by atoms with Crippen LogP contribution in [0.5, 0.6) is 0 Å². The molecule has 3 aromatic rings. The van der Waals surface area contributed by atoms with Crippen LogP contribution < -0.4 is 5.32 Å². The van der Waals surface area contributed by atoms with Crippen LogP contribution in [-0.2, 0) is 13.2 Å². The summed E-state index contributed by atoms with van der Waals surface area (Å²) in [4.78, 5) is 16.6. The number of alkyl halides is 3. The lowest BCUT2D eigenvalue weighted by Crippen LogP contribution is -2.17. The van der Waals surface area contributed by atoms with Gasteiger partial charge in [0.25, 0.3) is 5.91 Å². The Balaban J connectivity index is 1.67. The van der Waals surface area contributed by atoms with Gasteiger partial charge < -0.3 is 0 Å². The zero-order valence-corrected chi connectivity index (χ0v) is 13.9. The molecule has 0 unspecified atom stereocenters. The Morgan fingerprint density at radius 1 is 1.36 bits per heavy atom. The highest BCUT2D eigenvalue weighted by atomic mass is 32.1. The first-order chi connectivity index (χ1) is 11.8. The molecule has 1 aromatic carbocycles. The number of carbonyl (C=O) groups is 1. The van der Waals surface area contributed by atoms with Crippen molar-refractivity contribution >= 4 is 32.6 Å². The van der Waals surface area contributed by atoms with Gasteiger partial charge in [-0.2, -0.15) is 18.3 Å². The largest absolute Gasteiger partial charge is 0.418 e. The molecule has 130 valence electrons. The number of thiazole rings is 1. The van der Waals surface area contributed by atoms with E-state index >= 15 is 0 Å². The fourth-order valence-corrected chi connectivity index (χ4v) is 3.70. The van der Waals surface area contributed by atoms with E-state index in [9.17, 15) is 18.0 Å². The van der Waals surface area contributed by atoms with Gasteiger partial charge in [0.05, 0.1) is 22.0 Å². The highest BCUT2D eigenvalue weighted by Crippen LogP contribution is 2.42. The monoisotopic (exact) mass is 366 g/mol. The summed E-state index contributed by atoms with van der Waals surface area (Å²) in [5.74, 6) is -0.0730. The Kier molecular flexibility index (Phi) is 3.57. The van der Waals surface area contributed by atoms with E-state index in [-0.39, 0.29) is 10.6 Å². The molecule has 0 aliphatic heterocycles. The second-order valence-corrected chi connectivity index (χ2v) is 7.00. The number of aromatic nitrogens is 3. The Morgan fingerprint density at radius 2 is 2.12 bits per heavy atom. The molecule has 5 nitrogen and oxygen atoms in total. The lowest BCUT2D eigenvalue weighted by Gasteiger charge is -2.06. The van der Waals surface area contributed by atoms with Crippen LogP contribution in [0.15, 0.2) is 24.4 Å². The Labute approximate surface area is 144 Å². The highest BCUT2D eigenvalue weighted by Gasteiger charge is 2.34. The van der Waals surface area contributed by atoms with E-state index in [0.29, 0.717) is 16.3 Å². The summed E-state index contributed by atoms with van der Waals surface area (Å²) in [5.41, 5.74) is 0.346. The summed E-state index contributed by atoms with van der Waals surface area (Å²) in [6, 6.07) is 3.87. The molecule has 0 bridgehead atoms. The Bertz CT molecular complexity index is 972. The Hall–Kier alpha value is -2.42. The molecule has 0 radical (unpaired) electrons. The van der Waals surface area contributed by atoms with E-state index in [0.717, 1.165) is 35.8 Å². The molecule has 0 spiro atoms. The van der Waals surface area contributed by atoms with E-state index in [1.807, 2.05) is 0 Å². The molecule has 4 rings (SSSR count). The summed E-state index contributed by atoms with van der Waals surface area (Å²) in [6.07, 6.45) is -0.785. The quantitative estimate of drug-likeness (QED) is 0.757. The number of hydrogen-bond donors (Lipinski definition) is 1. The van der Waals surface area contributed by atoms with Gasteiger partial charge in [-0.15, -0.1) is 0 Å². The van der Waals surface area contributed by atoms with E-state index < -0.39 is 17.6 Å². The maximum atomic E-state index is 13.1. The average molecular weight is 366 g/mol. The minimum atomic E-state index is -4.49. The molecule has 0 atom stereocenters. The highest BCUT2D eigenvalue weighted by molar-refractivity contribution is 7.22. The van der Waals surface area contributed by atoms with Crippen LogP contribution in [0.25, 0.3) is 10.2 Å².